The maximum atomic E-state index is 5.57. The second kappa shape index (κ2) is 4.69. The van der Waals surface area contributed by atoms with Crippen LogP contribution in [0.3, 0.4) is 0 Å². The molecule has 1 aromatic carbocycles. The highest BCUT2D eigenvalue weighted by molar-refractivity contribution is 5.59. The minimum absolute atomic E-state index is 0.241. The van der Waals surface area contributed by atoms with Crippen molar-refractivity contribution in [3.05, 3.63) is 53.9 Å². The van der Waals surface area contributed by atoms with Crippen LogP contribution in [0.5, 0.6) is 5.75 Å². The summed E-state index contributed by atoms with van der Waals surface area (Å²) in [7, 11) is 0. The minimum atomic E-state index is 0.241. The molecule has 92 valence electrons. The first-order chi connectivity index (χ1) is 8.84. The summed E-state index contributed by atoms with van der Waals surface area (Å²) in [6.07, 6.45) is 4.68. The third-order valence-electron chi connectivity index (χ3n) is 3.30. The van der Waals surface area contributed by atoms with Gasteiger partial charge in [-0.05, 0) is 30.7 Å². The number of nitrogens with one attached hydrogen (secondary N) is 1. The van der Waals surface area contributed by atoms with Crippen molar-refractivity contribution in [2.75, 3.05) is 11.9 Å². The monoisotopic (exact) mass is 240 g/mol. The van der Waals surface area contributed by atoms with E-state index < -0.39 is 0 Å². The van der Waals surface area contributed by atoms with Crippen LogP contribution in [0.25, 0.3) is 0 Å². The summed E-state index contributed by atoms with van der Waals surface area (Å²) in [6.45, 7) is 2.93. The van der Waals surface area contributed by atoms with E-state index in [0.29, 0.717) is 0 Å². The van der Waals surface area contributed by atoms with Crippen LogP contribution in [-0.4, -0.2) is 11.6 Å². The quantitative estimate of drug-likeness (QED) is 0.894. The first-order valence-corrected chi connectivity index (χ1v) is 6.26. The fourth-order valence-corrected chi connectivity index (χ4v) is 2.31. The number of ether oxygens (including phenoxy) is 1. The molecule has 0 bridgehead atoms. The first-order valence-electron chi connectivity index (χ1n) is 6.26. The lowest BCUT2D eigenvalue weighted by Gasteiger charge is -2.17. The summed E-state index contributed by atoms with van der Waals surface area (Å²) in [5, 5.41) is 3.54. The Balaban J connectivity index is 1.83. The highest BCUT2D eigenvalue weighted by Gasteiger charge is 2.16. The van der Waals surface area contributed by atoms with Crippen LogP contribution < -0.4 is 10.1 Å². The molecule has 3 heteroatoms. The summed E-state index contributed by atoms with van der Waals surface area (Å²) >= 11 is 0. The molecule has 1 aliphatic heterocycles. The molecule has 0 saturated carbocycles. The van der Waals surface area contributed by atoms with Crippen LogP contribution in [0.4, 0.5) is 5.69 Å². The van der Waals surface area contributed by atoms with E-state index in [1.54, 1.807) is 6.20 Å². The Bertz CT molecular complexity index is 539. The van der Waals surface area contributed by atoms with E-state index in [-0.39, 0.29) is 6.04 Å². The summed E-state index contributed by atoms with van der Waals surface area (Å²) in [5.74, 6) is 1.01. The molecule has 3 nitrogen and oxygen atoms in total. The molecule has 0 amide bonds. The van der Waals surface area contributed by atoms with Crippen LogP contribution in [-0.2, 0) is 6.42 Å². The van der Waals surface area contributed by atoms with Gasteiger partial charge in [0.2, 0.25) is 0 Å². The molecule has 1 unspecified atom stereocenters. The number of anilines is 1. The normalized spacial score (nSPS) is 14.7. The van der Waals surface area contributed by atoms with Gasteiger partial charge in [-0.15, -0.1) is 0 Å². The van der Waals surface area contributed by atoms with Crippen molar-refractivity contribution in [1.29, 1.82) is 0 Å². The van der Waals surface area contributed by atoms with E-state index in [1.807, 2.05) is 24.4 Å². The molecule has 1 N–H and O–H groups in total. The van der Waals surface area contributed by atoms with Gasteiger partial charge < -0.3 is 10.1 Å². The van der Waals surface area contributed by atoms with Crippen molar-refractivity contribution in [3.8, 4) is 5.75 Å². The van der Waals surface area contributed by atoms with Gasteiger partial charge >= 0.3 is 0 Å². The van der Waals surface area contributed by atoms with E-state index in [0.717, 1.165) is 18.8 Å². The van der Waals surface area contributed by atoms with E-state index in [9.17, 15) is 0 Å². The molecule has 2 aromatic rings. The van der Waals surface area contributed by atoms with Crippen molar-refractivity contribution in [2.24, 2.45) is 0 Å². The van der Waals surface area contributed by atoms with Crippen molar-refractivity contribution in [3.63, 3.8) is 0 Å². The van der Waals surface area contributed by atoms with Crippen LogP contribution >= 0.6 is 0 Å². The Labute approximate surface area is 107 Å². The van der Waals surface area contributed by atoms with Crippen molar-refractivity contribution in [2.45, 2.75) is 19.4 Å². The molecule has 0 radical (unpaired) electrons. The largest absolute Gasteiger partial charge is 0.493 e. The molecule has 0 spiro atoms. The Hall–Kier alpha value is -2.03. The highest BCUT2D eigenvalue weighted by Crippen LogP contribution is 2.33. The fraction of sp³-hybridized carbons (Fsp3) is 0.267. The van der Waals surface area contributed by atoms with E-state index in [4.69, 9.17) is 4.74 Å². The lowest BCUT2D eigenvalue weighted by Crippen LogP contribution is -2.08. The molecule has 0 fully saturated rings. The number of hydrogen-bond acceptors (Lipinski definition) is 3. The van der Waals surface area contributed by atoms with Gasteiger partial charge in [0, 0.05) is 30.1 Å². The van der Waals surface area contributed by atoms with Crippen molar-refractivity contribution >= 4 is 5.69 Å². The lowest BCUT2D eigenvalue weighted by molar-refractivity contribution is 0.357. The smallest absolute Gasteiger partial charge is 0.124 e. The summed E-state index contributed by atoms with van der Waals surface area (Å²) in [6, 6.07) is 10.5. The van der Waals surface area contributed by atoms with E-state index in [2.05, 4.69) is 29.4 Å². The molecule has 18 heavy (non-hydrogen) atoms. The number of aromatic nitrogens is 1. The van der Waals surface area contributed by atoms with Crippen LogP contribution in [0, 0.1) is 0 Å². The van der Waals surface area contributed by atoms with Gasteiger partial charge in [0.05, 0.1) is 12.6 Å². The van der Waals surface area contributed by atoms with Crippen molar-refractivity contribution < 1.29 is 4.74 Å². The molecule has 1 aromatic heterocycles. The van der Waals surface area contributed by atoms with Gasteiger partial charge in [0.1, 0.15) is 5.75 Å². The van der Waals surface area contributed by atoms with Gasteiger partial charge in [-0.3, -0.25) is 4.98 Å². The molecule has 1 atom stereocenters. The number of fused-ring (bicyclic) bond motifs is 1. The second-order valence-corrected chi connectivity index (χ2v) is 4.53. The van der Waals surface area contributed by atoms with Gasteiger partial charge in [-0.2, -0.15) is 0 Å². The number of hydrogen-bond donors (Lipinski definition) is 1. The first kappa shape index (κ1) is 11.1. The molecular weight excluding hydrogens is 224 g/mol. The zero-order chi connectivity index (χ0) is 12.4. The predicted molar refractivity (Wildman–Crippen MR) is 71.9 cm³/mol. The summed E-state index contributed by atoms with van der Waals surface area (Å²) in [5.41, 5.74) is 3.64. The van der Waals surface area contributed by atoms with Gasteiger partial charge in [-0.1, -0.05) is 12.1 Å². The Kier molecular flexibility index (Phi) is 2.89. The molecule has 0 saturated heterocycles. The molecule has 0 aliphatic carbocycles. The number of rotatable bonds is 3. The Morgan fingerprint density at radius 1 is 1.28 bits per heavy atom. The fourth-order valence-electron chi connectivity index (χ4n) is 2.31. The predicted octanol–water partition coefficient (Wildman–Crippen LogP) is 3.19. The third kappa shape index (κ3) is 2.04. The minimum Gasteiger partial charge on any atom is -0.493 e. The number of pyridine rings is 1. The van der Waals surface area contributed by atoms with Crippen LogP contribution in [0.2, 0.25) is 0 Å². The van der Waals surface area contributed by atoms with Crippen LogP contribution in [0.15, 0.2) is 42.7 Å². The summed E-state index contributed by atoms with van der Waals surface area (Å²) < 4.78 is 5.57. The Morgan fingerprint density at radius 3 is 3.06 bits per heavy atom. The molecule has 2 heterocycles. The van der Waals surface area contributed by atoms with Crippen molar-refractivity contribution in [1.82, 2.24) is 4.98 Å². The molecule has 1 aliphatic rings. The van der Waals surface area contributed by atoms with E-state index >= 15 is 0 Å². The molecular formula is C15H16N2O. The zero-order valence-electron chi connectivity index (χ0n) is 10.4. The maximum Gasteiger partial charge on any atom is 0.124 e. The second-order valence-electron chi connectivity index (χ2n) is 4.53. The topological polar surface area (TPSA) is 34.1 Å². The van der Waals surface area contributed by atoms with Gasteiger partial charge in [-0.25, -0.2) is 0 Å². The average Bonchev–Trinajstić information content (AvgIpc) is 2.89. The van der Waals surface area contributed by atoms with Crippen LogP contribution in [0.1, 0.15) is 24.1 Å². The Morgan fingerprint density at radius 2 is 2.22 bits per heavy atom. The molecule has 3 rings (SSSR count). The zero-order valence-corrected chi connectivity index (χ0v) is 10.4. The number of nitrogens with zero attached hydrogens (tertiary/aromatic N) is 1. The lowest BCUT2D eigenvalue weighted by atomic mass is 10.1. The average molecular weight is 240 g/mol. The maximum absolute atomic E-state index is 5.57. The summed E-state index contributed by atoms with van der Waals surface area (Å²) in [4.78, 5) is 4.16. The van der Waals surface area contributed by atoms with Gasteiger partial charge in [0.15, 0.2) is 0 Å². The standard InChI is InChI=1S/C15H16N2O/c1-11(12-4-3-8-16-10-12)17-14-5-2-6-15-13(14)7-9-18-15/h2-6,8,10-11,17H,7,9H2,1H3. The van der Waals surface area contributed by atoms with Gasteiger partial charge in [0.25, 0.3) is 0 Å². The van der Waals surface area contributed by atoms with E-state index in [1.165, 1.54) is 16.8 Å². The third-order valence-corrected chi connectivity index (χ3v) is 3.30. The SMILES string of the molecule is CC(Nc1cccc2c1CCO2)c1cccnc1. The highest BCUT2D eigenvalue weighted by atomic mass is 16.5. The number of benzene rings is 1.